The Hall–Kier alpha value is -1.46. The second-order valence-electron chi connectivity index (χ2n) is 4.69. The first-order valence-electron chi connectivity index (χ1n) is 6.36. The Labute approximate surface area is 126 Å². The fourth-order valence-electron chi connectivity index (χ4n) is 1.63. The zero-order valence-corrected chi connectivity index (χ0v) is 12.9. The van der Waals surface area contributed by atoms with E-state index in [0.29, 0.717) is 29.8 Å². The number of halogens is 2. The van der Waals surface area contributed by atoms with E-state index < -0.39 is 0 Å². The molecule has 0 aliphatic rings. The van der Waals surface area contributed by atoms with Gasteiger partial charge in [0, 0.05) is 18.2 Å². The third kappa shape index (κ3) is 4.02. The summed E-state index contributed by atoms with van der Waals surface area (Å²) in [4.78, 5) is 4.03. The number of nitrogens with one attached hydrogen (secondary N) is 1. The number of para-hydroxylation sites is 1. The van der Waals surface area contributed by atoms with Crippen molar-refractivity contribution in [2.75, 3.05) is 0 Å². The van der Waals surface area contributed by atoms with Gasteiger partial charge >= 0.3 is 0 Å². The van der Waals surface area contributed by atoms with Crippen molar-refractivity contribution in [1.29, 1.82) is 0 Å². The van der Waals surface area contributed by atoms with Gasteiger partial charge in [0.25, 0.3) is 0 Å². The van der Waals surface area contributed by atoms with Crippen molar-refractivity contribution < 1.29 is 9.13 Å². The molecule has 0 radical (unpaired) electrons. The summed E-state index contributed by atoms with van der Waals surface area (Å²) in [6, 6.07) is 9.22. The van der Waals surface area contributed by atoms with Gasteiger partial charge in [0.1, 0.15) is 11.6 Å². The molecule has 0 saturated carbocycles. The minimum atomic E-state index is -0.370. The average molecular weight is 339 g/mol. The molecule has 0 aliphatic carbocycles. The maximum atomic E-state index is 13.3. The van der Waals surface area contributed by atoms with Crippen LogP contribution in [0, 0.1) is 5.82 Å². The van der Waals surface area contributed by atoms with E-state index in [2.05, 4.69) is 26.2 Å². The zero-order chi connectivity index (χ0) is 14.5. The summed E-state index contributed by atoms with van der Waals surface area (Å²) in [5, 5.41) is 3.23. The summed E-state index contributed by atoms with van der Waals surface area (Å²) in [5.41, 5.74) is 0.689. The SMILES string of the molecule is CC(C)NCc1cc(F)cnc1Oc1ccccc1Br. The summed E-state index contributed by atoms with van der Waals surface area (Å²) in [6.45, 7) is 4.56. The van der Waals surface area contributed by atoms with Gasteiger partial charge in [-0.3, -0.25) is 0 Å². The first-order chi connectivity index (χ1) is 9.56. The first kappa shape index (κ1) is 14.9. The molecule has 0 spiro atoms. The summed E-state index contributed by atoms with van der Waals surface area (Å²) >= 11 is 3.41. The molecule has 0 saturated heterocycles. The van der Waals surface area contributed by atoms with E-state index in [1.165, 1.54) is 6.07 Å². The molecule has 1 N–H and O–H groups in total. The fraction of sp³-hybridized carbons (Fsp3) is 0.267. The highest BCUT2D eigenvalue weighted by molar-refractivity contribution is 9.10. The number of benzene rings is 1. The summed E-state index contributed by atoms with van der Waals surface area (Å²) in [6.07, 6.45) is 1.16. The molecule has 2 aromatic rings. The molecule has 0 amide bonds. The number of nitrogens with zero attached hydrogens (tertiary/aromatic N) is 1. The van der Waals surface area contributed by atoms with Gasteiger partial charge in [-0.2, -0.15) is 0 Å². The maximum Gasteiger partial charge on any atom is 0.223 e. The van der Waals surface area contributed by atoms with E-state index in [1.54, 1.807) is 0 Å². The molecule has 0 bridgehead atoms. The van der Waals surface area contributed by atoms with Crippen molar-refractivity contribution in [3.8, 4) is 11.6 Å². The lowest BCUT2D eigenvalue weighted by Crippen LogP contribution is -2.22. The van der Waals surface area contributed by atoms with Crippen LogP contribution in [0.25, 0.3) is 0 Å². The maximum absolute atomic E-state index is 13.3. The van der Waals surface area contributed by atoms with Crippen LogP contribution in [0.3, 0.4) is 0 Å². The van der Waals surface area contributed by atoms with E-state index in [1.807, 2.05) is 38.1 Å². The highest BCUT2D eigenvalue weighted by atomic mass is 79.9. The third-order valence-electron chi connectivity index (χ3n) is 2.64. The van der Waals surface area contributed by atoms with Gasteiger partial charge in [0.2, 0.25) is 5.88 Å². The van der Waals surface area contributed by atoms with Crippen molar-refractivity contribution >= 4 is 15.9 Å². The topological polar surface area (TPSA) is 34.2 Å². The molecule has 5 heteroatoms. The van der Waals surface area contributed by atoms with Gasteiger partial charge in [-0.1, -0.05) is 26.0 Å². The molecule has 1 aromatic heterocycles. The number of hydrogen-bond acceptors (Lipinski definition) is 3. The first-order valence-corrected chi connectivity index (χ1v) is 7.15. The summed E-state index contributed by atoms with van der Waals surface area (Å²) in [5.74, 6) is 0.689. The standard InChI is InChI=1S/C15H16BrFN2O/c1-10(2)18-8-11-7-12(17)9-19-15(11)20-14-6-4-3-5-13(14)16/h3-7,9-10,18H,8H2,1-2H3. The molecule has 3 nitrogen and oxygen atoms in total. The molecular formula is C15H16BrFN2O. The monoisotopic (exact) mass is 338 g/mol. The molecule has 1 aromatic carbocycles. The van der Waals surface area contributed by atoms with E-state index in [9.17, 15) is 4.39 Å². The van der Waals surface area contributed by atoms with Crippen LogP contribution in [-0.4, -0.2) is 11.0 Å². The number of aromatic nitrogens is 1. The molecule has 0 unspecified atom stereocenters. The molecule has 0 atom stereocenters. The van der Waals surface area contributed by atoms with Crippen LogP contribution in [0.15, 0.2) is 41.0 Å². The van der Waals surface area contributed by atoms with Gasteiger partial charge in [-0.05, 0) is 34.1 Å². The van der Waals surface area contributed by atoms with Gasteiger partial charge in [0.15, 0.2) is 0 Å². The molecule has 106 valence electrons. The van der Waals surface area contributed by atoms with E-state index in [-0.39, 0.29) is 5.82 Å². The molecule has 1 heterocycles. The van der Waals surface area contributed by atoms with E-state index >= 15 is 0 Å². The van der Waals surface area contributed by atoms with Gasteiger partial charge < -0.3 is 10.1 Å². The highest BCUT2D eigenvalue weighted by Gasteiger charge is 2.10. The van der Waals surface area contributed by atoms with Crippen LogP contribution in [-0.2, 0) is 6.54 Å². The number of ether oxygens (including phenoxy) is 1. The number of pyridine rings is 1. The lowest BCUT2D eigenvalue weighted by atomic mass is 10.2. The highest BCUT2D eigenvalue weighted by Crippen LogP contribution is 2.30. The predicted octanol–water partition coefficient (Wildman–Crippen LogP) is 4.27. The fourth-order valence-corrected chi connectivity index (χ4v) is 2.00. The molecule has 20 heavy (non-hydrogen) atoms. The van der Waals surface area contributed by atoms with E-state index in [0.717, 1.165) is 10.7 Å². The number of rotatable bonds is 5. The molecular weight excluding hydrogens is 323 g/mol. The Morgan fingerprint density at radius 2 is 2.10 bits per heavy atom. The largest absolute Gasteiger partial charge is 0.438 e. The van der Waals surface area contributed by atoms with Crippen LogP contribution in [0.2, 0.25) is 0 Å². The van der Waals surface area contributed by atoms with Crippen molar-refractivity contribution in [1.82, 2.24) is 10.3 Å². The second kappa shape index (κ2) is 6.81. The Kier molecular flexibility index (Phi) is 5.09. The second-order valence-corrected chi connectivity index (χ2v) is 5.54. The third-order valence-corrected chi connectivity index (χ3v) is 3.29. The summed E-state index contributed by atoms with van der Waals surface area (Å²) in [7, 11) is 0. The predicted molar refractivity (Wildman–Crippen MR) is 80.4 cm³/mol. The minimum absolute atomic E-state index is 0.301. The Morgan fingerprint density at radius 1 is 1.35 bits per heavy atom. The van der Waals surface area contributed by atoms with Crippen LogP contribution in [0.4, 0.5) is 4.39 Å². The van der Waals surface area contributed by atoms with Gasteiger partial charge in [-0.15, -0.1) is 0 Å². The van der Waals surface area contributed by atoms with Crippen molar-refractivity contribution in [2.45, 2.75) is 26.4 Å². The van der Waals surface area contributed by atoms with Crippen molar-refractivity contribution in [3.05, 3.63) is 52.4 Å². The lowest BCUT2D eigenvalue weighted by molar-refractivity contribution is 0.443. The quantitative estimate of drug-likeness (QED) is 0.883. The van der Waals surface area contributed by atoms with Crippen LogP contribution in [0.5, 0.6) is 11.6 Å². The van der Waals surface area contributed by atoms with Gasteiger partial charge in [-0.25, -0.2) is 9.37 Å². The Bertz CT molecular complexity index is 590. The lowest BCUT2D eigenvalue weighted by Gasteiger charge is -2.13. The molecule has 0 fully saturated rings. The van der Waals surface area contributed by atoms with Crippen LogP contribution in [0.1, 0.15) is 19.4 Å². The van der Waals surface area contributed by atoms with Crippen LogP contribution >= 0.6 is 15.9 Å². The Morgan fingerprint density at radius 3 is 2.80 bits per heavy atom. The summed E-state index contributed by atoms with van der Waals surface area (Å²) < 4.78 is 19.9. The number of hydrogen-bond donors (Lipinski definition) is 1. The normalized spacial score (nSPS) is 10.8. The van der Waals surface area contributed by atoms with Crippen molar-refractivity contribution in [3.63, 3.8) is 0 Å². The van der Waals surface area contributed by atoms with Crippen LogP contribution < -0.4 is 10.1 Å². The zero-order valence-electron chi connectivity index (χ0n) is 11.4. The smallest absolute Gasteiger partial charge is 0.223 e. The molecule has 0 aliphatic heterocycles. The minimum Gasteiger partial charge on any atom is -0.438 e. The average Bonchev–Trinajstić information content (AvgIpc) is 2.41. The molecule has 2 rings (SSSR count). The van der Waals surface area contributed by atoms with Crippen molar-refractivity contribution in [2.24, 2.45) is 0 Å². The van der Waals surface area contributed by atoms with Gasteiger partial charge in [0.05, 0.1) is 10.7 Å². The van der Waals surface area contributed by atoms with E-state index in [4.69, 9.17) is 4.74 Å². The Balaban J connectivity index is 2.24.